The highest BCUT2D eigenvalue weighted by atomic mass is 32.2. The molecule has 0 aromatic heterocycles. The molecule has 0 saturated heterocycles. The van der Waals surface area contributed by atoms with Gasteiger partial charge < -0.3 is 5.32 Å². The molecule has 17 heavy (non-hydrogen) atoms. The third-order valence-electron chi connectivity index (χ3n) is 2.14. The Hall–Kier alpha value is -1.62. The van der Waals surface area contributed by atoms with Gasteiger partial charge in [0.05, 0.1) is 5.75 Å². The zero-order valence-electron chi connectivity index (χ0n) is 9.64. The summed E-state index contributed by atoms with van der Waals surface area (Å²) in [5.41, 5.74) is 1.52. The molecule has 0 heterocycles. The minimum Gasteiger partial charge on any atom is -0.325 e. The fourth-order valence-corrected chi connectivity index (χ4v) is 2.29. The molecular formula is C12H15NO3S. The molecular weight excluding hydrogens is 238 g/mol. The number of carbonyl (C=O) groups is 1. The number of rotatable bonds is 5. The van der Waals surface area contributed by atoms with Crippen molar-refractivity contribution in [3.63, 3.8) is 0 Å². The number of benzene rings is 1. The van der Waals surface area contributed by atoms with Gasteiger partial charge >= 0.3 is 0 Å². The first-order valence-electron chi connectivity index (χ1n) is 5.11. The van der Waals surface area contributed by atoms with Crippen molar-refractivity contribution >= 4 is 21.4 Å². The Labute approximate surface area is 101 Å². The summed E-state index contributed by atoms with van der Waals surface area (Å²) < 4.78 is 22.8. The van der Waals surface area contributed by atoms with Crippen molar-refractivity contribution in [2.75, 3.05) is 16.8 Å². The van der Waals surface area contributed by atoms with Gasteiger partial charge in [0.15, 0.2) is 9.84 Å². The first kappa shape index (κ1) is 13.4. The van der Waals surface area contributed by atoms with Crippen LogP contribution in [0.3, 0.4) is 0 Å². The maximum absolute atomic E-state index is 11.5. The molecule has 1 rings (SSSR count). The minimum absolute atomic E-state index is 0.186. The van der Waals surface area contributed by atoms with Crippen LogP contribution >= 0.6 is 0 Å². The molecule has 0 atom stereocenters. The van der Waals surface area contributed by atoms with Gasteiger partial charge in [-0.1, -0.05) is 24.3 Å². The SMILES string of the molecule is C=CCS(=O)(=O)CC(=O)Nc1ccccc1C. The summed E-state index contributed by atoms with van der Waals surface area (Å²) in [4.78, 5) is 11.5. The van der Waals surface area contributed by atoms with Gasteiger partial charge in [0.1, 0.15) is 5.75 Å². The van der Waals surface area contributed by atoms with Gasteiger partial charge in [-0.15, -0.1) is 6.58 Å². The number of hydrogen-bond acceptors (Lipinski definition) is 3. The van der Waals surface area contributed by atoms with Crippen molar-refractivity contribution in [1.82, 2.24) is 0 Å². The second-order valence-electron chi connectivity index (χ2n) is 3.71. The van der Waals surface area contributed by atoms with Gasteiger partial charge in [-0.3, -0.25) is 4.79 Å². The zero-order chi connectivity index (χ0) is 12.9. The topological polar surface area (TPSA) is 63.2 Å². The zero-order valence-corrected chi connectivity index (χ0v) is 10.5. The van der Waals surface area contributed by atoms with Crippen LogP contribution in [-0.4, -0.2) is 25.8 Å². The van der Waals surface area contributed by atoms with Gasteiger partial charge in [-0.05, 0) is 18.6 Å². The first-order chi connectivity index (χ1) is 7.94. The van der Waals surface area contributed by atoms with Crippen molar-refractivity contribution < 1.29 is 13.2 Å². The number of anilines is 1. The van der Waals surface area contributed by atoms with E-state index in [9.17, 15) is 13.2 Å². The Bertz CT molecular complexity index is 520. The first-order valence-corrected chi connectivity index (χ1v) is 6.93. The molecule has 0 spiro atoms. The molecule has 0 aliphatic rings. The van der Waals surface area contributed by atoms with E-state index in [-0.39, 0.29) is 5.75 Å². The molecule has 0 aliphatic heterocycles. The van der Waals surface area contributed by atoms with E-state index in [1.165, 1.54) is 6.08 Å². The number of amides is 1. The lowest BCUT2D eigenvalue weighted by Gasteiger charge is -2.07. The van der Waals surface area contributed by atoms with Crippen molar-refractivity contribution in [3.8, 4) is 0 Å². The largest absolute Gasteiger partial charge is 0.325 e. The van der Waals surface area contributed by atoms with Crippen LogP contribution in [0.2, 0.25) is 0 Å². The molecule has 0 fully saturated rings. The predicted molar refractivity (Wildman–Crippen MR) is 68.7 cm³/mol. The summed E-state index contributed by atoms with van der Waals surface area (Å²) in [6.07, 6.45) is 1.27. The molecule has 0 saturated carbocycles. The smallest absolute Gasteiger partial charge is 0.239 e. The number of carbonyl (C=O) groups excluding carboxylic acids is 1. The van der Waals surface area contributed by atoms with E-state index in [4.69, 9.17) is 0 Å². The Balaban J connectivity index is 2.69. The standard InChI is InChI=1S/C12H15NO3S/c1-3-8-17(15,16)9-12(14)13-11-7-5-4-6-10(11)2/h3-7H,1,8-9H2,2H3,(H,13,14). The highest BCUT2D eigenvalue weighted by Gasteiger charge is 2.15. The van der Waals surface area contributed by atoms with E-state index in [0.717, 1.165) is 5.56 Å². The van der Waals surface area contributed by atoms with Crippen LogP contribution in [0.25, 0.3) is 0 Å². The molecule has 92 valence electrons. The summed E-state index contributed by atoms with van der Waals surface area (Å²) in [7, 11) is -3.39. The van der Waals surface area contributed by atoms with Gasteiger partial charge in [-0.2, -0.15) is 0 Å². The number of sulfone groups is 1. The minimum atomic E-state index is -3.39. The van der Waals surface area contributed by atoms with Crippen LogP contribution < -0.4 is 5.32 Å². The van der Waals surface area contributed by atoms with Crippen LogP contribution in [-0.2, 0) is 14.6 Å². The summed E-state index contributed by atoms with van der Waals surface area (Å²) >= 11 is 0. The lowest BCUT2D eigenvalue weighted by molar-refractivity contribution is -0.113. The number of aryl methyl sites for hydroxylation is 1. The highest BCUT2D eigenvalue weighted by Crippen LogP contribution is 2.13. The highest BCUT2D eigenvalue weighted by molar-refractivity contribution is 7.92. The van der Waals surface area contributed by atoms with Crippen molar-refractivity contribution in [1.29, 1.82) is 0 Å². The van der Waals surface area contributed by atoms with Gasteiger partial charge in [0, 0.05) is 5.69 Å². The summed E-state index contributed by atoms with van der Waals surface area (Å²) in [6, 6.07) is 7.20. The quantitative estimate of drug-likeness (QED) is 0.809. The van der Waals surface area contributed by atoms with E-state index in [2.05, 4.69) is 11.9 Å². The van der Waals surface area contributed by atoms with Crippen molar-refractivity contribution in [2.24, 2.45) is 0 Å². The number of para-hydroxylation sites is 1. The summed E-state index contributed by atoms with van der Waals surface area (Å²) in [5, 5.41) is 2.57. The Morgan fingerprint density at radius 2 is 2.06 bits per heavy atom. The third kappa shape index (κ3) is 4.40. The van der Waals surface area contributed by atoms with E-state index in [1.54, 1.807) is 12.1 Å². The molecule has 0 unspecified atom stereocenters. The monoisotopic (exact) mass is 253 g/mol. The summed E-state index contributed by atoms with van der Waals surface area (Å²) in [5.74, 6) is -1.23. The predicted octanol–water partition coefficient (Wildman–Crippen LogP) is 1.53. The van der Waals surface area contributed by atoms with E-state index >= 15 is 0 Å². The molecule has 0 aliphatic carbocycles. The van der Waals surface area contributed by atoms with Crippen LogP contribution in [0.4, 0.5) is 5.69 Å². The van der Waals surface area contributed by atoms with Crippen LogP contribution in [0.1, 0.15) is 5.56 Å². The number of nitrogens with one attached hydrogen (secondary N) is 1. The fraction of sp³-hybridized carbons (Fsp3) is 0.250. The van der Waals surface area contributed by atoms with E-state index in [1.807, 2.05) is 19.1 Å². The maximum Gasteiger partial charge on any atom is 0.239 e. The lowest BCUT2D eigenvalue weighted by Crippen LogP contribution is -2.24. The molecule has 1 aromatic carbocycles. The second kappa shape index (κ2) is 5.63. The van der Waals surface area contributed by atoms with Gasteiger partial charge in [-0.25, -0.2) is 8.42 Å². The molecule has 1 N–H and O–H groups in total. The second-order valence-corrected chi connectivity index (χ2v) is 5.82. The van der Waals surface area contributed by atoms with Gasteiger partial charge in [0.2, 0.25) is 5.91 Å². The molecule has 0 bridgehead atoms. The van der Waals surface area contributed by atoms with Crippen molar-refractivity contribution in [3.05, 3.63) is 42.5 Å². The average Bonchev–Trinajstić information content (AvgIpc) is 2.20. The fourth-order valence-electron chi connectivity index (χ4n) is 1.34. The Kier molecular flexibility index (Phi) is 4.45. The summed E-state index contributed by atoms with van der Waals surface area (Å²) in [6.45, 7) is 5.18. The average molecular weight is 253 g/mol. The Morgan fingerprint density at radius 3 is 2.65 bits per heavy atom. The maximum atomic E-state index is 11.5. The van der Waals surface area contributed by atoms with E-state index < -0.39 is 21.5 Å². The Morgan fingerprint density at radius 1 is 1.41 bits per heavy atom. The van der Waals surface area contributed by atoms with Crippen LogP contribution in [0.5, 0.6) is 0 Å². The molecule has 0 radical (unpaired) electrons. The van der Waals surface area contributed by atoms with Crippen LogP contribution in [0, 0.1) is 6.92 Å². The van der Waals surface area contributed by atoms with E-state index in [0.29, 0.717) is 5.69 Å². The number of hydrogen-bond donors (Lipinski definition) is 1. The molecule has 5 heteroatoms. The molecule has 4 nitrogen and oxygen atoms in total. The van der Waals surface area contributed by atoms with Crippen LogP contribution in [0.15, 0.2) is 36.9 Å². The third-order valence-corrected chi connectivity index (χ3v) is 3.59. The molecule has 1 aromatic rings. The van der Waals surface area contributed by atoms with Crippen molar-refractivity contribution in [2.45, 2.75) is 6.92 Å². The normalized spacial score (nSPS) is 10.9. The lowest BCUT2D eigenvalue weighted by atomic mass is 10.2. The molecule has 1 amide bonds. The van der Waals surface area contributed by atoms with Gasteiger partial charge in [0.25, 0.3) is 0 Å².